The van der Waals surface area contributed by atoms with Crippen LogP contribution >= 0.6 is 0 Å². The highest BCUT2D eigenvalue weighted by Gasteiger charge is 2.76. The first-order valence-corrected chi connectivity index (χ1v) is 11.1. The summed E-state index contributed by atoms with van der Waals surface area (Å²) in [6.45, 7) is 13.3. The second kappa shape index (κ2) is 6.65. The van der Waals surface area contributed by atoms with E-state index in [2.05, 4.69) is 27.4 Å². The van der Waals surface area contributed by atoms with Gasteiger partial charge in [0, 0.05) is 25.2 Å². The molecule has 4 rings (SSSR count). The van der Waals surface area contributed by atoms with Crippen molar-refractivity contribution >= 4 is 17.7 Å². The fraction of sp³-hybridized carbons (Fsp3) is 0.792. The summed E-state index contributed by atoms with van der Waals surface area (Å²) in [5.74, 6) is -1.38. The molecule has 0 aromatic carbocycles. The number of carbonyl (C=O) groups excluding carboxylic acids is 3. The van der Waals surface area contributed by atoms with E-state index in [0.29, 0.717) is 24.8 Å². The maximum Gasteiger partial charge on any atom is 0.302 e. The van der Waals surface area contributed by atoms with Crippen LogP contribution in [0.5, 0.6) is 0 Å². The summed E-state index contributed by atoms with van der Waals surface area (Å²) in [7, 11) is 0. The molecule has 30 heavy (non-hydrogen) atoms. The molecule has 0 aromatic heterocycles. The molecule has 2 bridgehead atoms. The van der Waals surface area contributed by atoms with Gasteiger partial charge in [-0.05, 0) is 54.9 Å². The standard InChI is InChI=1S/C24H34O6/c1-12-15-7-8-16-23(6)17(22(4,5)10-9-19(23)29-13(2)25)11-18(27)24(16,20(12)28)21(15)30-14(3)26/h15-19,21,27H,1,7-11H2,2-6H3/t15-,16-,17+,18+,19+,21-,23-,24-/m0/s1. The zero-order valence-electron chi connectivity index (χ0n) is 18.7. The van der Waals surface area contributed by atoms with Crippen LogP contribution < -0.4 is 0 Å². The van der Waals surface area contributed by atoms with E-state index >= 15 is 0 Å². The topological polar surface area (TPSA) is 89.9 Å². The van der Waals surface area contributed by atoms with Gasteiger partial charge in [0.15, 0.2) is 5.78 Å². The lowest BCUT2D eigenvalue weighted by atomic mass is 9.39. The largest absolute Gasteiger partial charge is 0.462 e. The molecule has 0 saturated heterocycles. The van der Waals surface area contributed by atoms with Gasteiger partial charge in [0.05, 0.1) is 6.10 Å². The lowest BCUT2D eigenvalue weighted by molar-refractivity contribution is -0.258. The van der Waals surface area contributed by atoms with Gasteiger partial charge in [0.25, 0.3) is 0 Å². The first-order chi connectivity index (χ1) is 13.9. The minimum Gasteiger partial charge on any atom is -0.462 e. The lowest BCUT2D eigenvalue weighted by Gasteiger charge is -2.66. The molecule has 4 aliphatic carbocycles. The molecule has 0 unspecified atom stereocenters. The van der Waals surface area contributed by atoms with E-state index in [-0.39, 0.29) is 41.0 Å². The zero-order chi connectivity index (χ0) is 22.2. The highest BCUT2D eigenvalue weighted by atomic mass is 16.5. The van der Waals surface area contributed by atoms with E-state index < -0.39 is 29.0 Å². The van der Waals surface area contributed by atoms with Crippen LogP contribution in [0.15, 0.2) is 12.2 Å². The Morgan fingerprint density at radius 3 is 2.27 bits per heavy atom. The molecule has 4 aliphatic rings. The zero-order valence-corrected chi connectivity index (χ0v) is 18.7. The number of esters is 2. The molecule has 8 atom stereocenters. The van der Waals surface area contributed by atoms with Gasteiger partial charge >= 0.3 is 11.9 Å². The minimum absolute atomic E-state index is 0.0690. The number of rotatable bonds is 2. The number of Topliss-reactive ketones (excluding diaryl/α,β-unsaturated/α-hetero) is 1. The van der Waals surface area contributed by atoms with E-state index in [1.807, 2.05) is 0 Å². The van der Waals surface area contributed by atoms with Gasteiger partial charge in [0.1, 0.15) is 17.6 Å². The molecule has 6 nitrogen and oxygen atoms in total. The number of ketones is 1. The number of fused-ring (bicyclic) bond motifs is 3. The van der Waals surface area contributed by atoms with Crippen molar-refractivity contribution in [2.45, 2.75) is 85.0 Å². The third kappa shape index (κ3) is 2.55. The fourth-order valence-electron chi connectivity index (χ4n) is 8.02. The summed E-state index contributed by atoms with van der Waals surface area (Å²) < 4.78 is 11.6. The maximum atomic E-state index is 13.7. The van der Waals surface area contributed by atoms with Crippen LogP contribution in [0.2, 0.25) is 0 Å². The van der Waals surface area contributed by atoms with Crippen molar-refractivity contribution in [3.8, 4) is 0 Å². The Labute approximate surface area is 178 Å². The monoisotopic (exact) mass is 418 g/mol. The number of carbonyl (C=O) groups is 3. The summed E-state index contributed by atoms with van der Waals surface area (Å²) in [5, 5.41) is 11.5. The predicted octanol–water partition coefficient (Wildman–Crippen LogP) is 3.21. The van der Waals surface area contributed by atoms with Gasteiger partial charge in [-0.3, -0.25) is 14.4 Å². The van der Waals surface area contributed by atoms with E-state index in [1.165, 1.54) is 13.8 Å². The molecular formula is C24H34O6. The van der Waals surface area contributed by atoms with Crippen LogP contribution in [0.3, 0.4) is 0 Å². The average molecular weight is 419 g/mol. The van der Waals surface area contributed by atoms with Crippen LogP contribution in [-0.2, 0) is 23.9 Å². The Hall–Kier alpha value is -1.69. The van der Waals surface area contributed by atoms with Gasteiger partial charge in [-0.15, -0.1) is 0 Å². The molecule has 0 aromatic rings. The van der Waals surface area contributed by atoms with Crippen molar-refractivity contribution in [1.82, 2.24) is 0 Å². The summed E-state index contributed by atoms with van der Waals surface area (Å²) in [5.41, 5.74) is -1.32. The second-order valence-corrected chi connectivity index (χ2v) is 10.8. The normalized spacial score (nSPS) is 46.6. The van der Waals surface area contributed by atoms with E-state index in [9.17, 15) is 19.5 Å². The summed E-state index contributed by atoms with van der Waals surface area (Å²) in [6.07, 6.45) is 1.45. The first-order valence-electron chi connectivity index (χ1n) is 11.1. The molecule has 4 saturated carbocycles. The van der Waals surface area contributed by atoms with Crippen molar-refractivity contribution < 1.29 is 29.0 Å². The summed E-state index contributed by atoms with van der Waals surface area (Å²) in [6, 6.07) is 0. The van der Waals surface area contributed by atoms with Gasteiger partial charge in [-0.25, -0.2) is 0 Å². The quantitative estimate of drug-likeness (QED) is 0.547. The van der Waals surface area contributed by atoms with Crippen LogP contribution in [-0.4, -0.2) is 41.1 Å². The first kappa shape index (κ1) is 21.5. The lowest BCUT2D eigenvalue weighted by Crippen LogP contribution is -2.70. The second-order valence-electron chi connectivity index (χ2n) is 10.8. The highest BCUT2D eigenvalue weighted by Crippen LogP contribution is 2.71. The number of aliphatic hydroxyl groups excluding tert-OH is 1. The predicted molar refractivity (Wildman–Crippen MR) is 109 cm³/mol. The Morgan fingerprint density at radius 1 is 1.03 bits per heavy atom. The molecule has 4 fully saturated rings. The maximum absolute atomic E-state index is 13.7. The molecule has 0 amide bonds. The van der Waals surface area contributed by atoms with Crippen LogP contribution in [0.25, 0.3) is 0 Å². The van der Waals surface area contributed by atoms with Gasteiger partial charge in [0.2, 0.25) is 0 Å². The van der Waals surface area contributed by atoms with E-state index in [4.69, 9.17) is 9.47 Å². The SMILES string of the molecule is C=C1C(=O)[C@@]23[C@H](O)C[C@@H]4C(C)(C)CC[C@@H](OC(C)=O)[C@@]4(C)[C@@H]2CC[C@@H]1[C@@H]3OC(C)=O. The van der Waals surface area contributed by atoms with Crippen LogP contribution in [0, 0.1) is 34.0 Å². The molecule has 166 valence electrons. The van der Waals surface area contributed by atoms with E-state index in [1.54, 1.807) is 0 Å². The molecule has 0 aliphatic heterocycles. The Morgan fingerprint density at radius 2 is 1.67 bits per heavy atom. The minimum atomic E-state index is -1.21. The highest BCUT2D eigenvalue weighted by molar-refractivity contribution is 6.04. The molecule has 6 heteroatoms. The third-order valence-electron chi connectivity index (χ3n) is 9.11. The average Bonchev–Trinajstić information content (AvgIpc) is 2.75. The number of aliphatic hydroxyl groups is 1. The van der Waals surface area contributed by atoms with Crippen molar-refractivity contribution in [3.63, 3.8) is 0 Å². The van der Waals surface area contributed by atoms with Crippen LogP contribution in [0.4, 0.5) is 0 Å². The van der Waals surface area contributed by atoms with Crippen molar-refractivity contribution in [2.75, 3.05) is 0 Å². The number of hydrogen-bond donors (Lipinski definition) is 1. The smallest absolute Gasteiger partial charge is 0.302 e. The van der Waals surface area contributed by atoms with Crippen molar-refractivity contribution in [3.05, 3.63) is 12.2 Å². The third-order valence-corrected chi connectivity index (χ3v) is 9.11. The molecule has 1 N–H and O–H groups in total. The molecule has 0 heterocycles. The fourth-order valence-corrected chi connectivity index (χ4v) is 8.02. The molecular weight excluding hydrogens is 384 g/mol. The van der Waals surface area contributed by atoms with Crippen molar-refractivity contribution in [2.24, 2.45) is 34.0 Å². The van der Waals surface area contributed by atoms with Gasteiger partial charge < -0.3 is 14.6 Å². The van der Waals surface area contributed by atoms with Crippen molar-refractivity contribution in [1.29, 1.82) is 0 Å². The van der Waals surface area contributed by atoms with E-state index in [0.717, 1.165) is 12.8 Å². The molecule has 0 radical (unpaired) electrons. The Balaban J connectivity index is 1.90. The summed E-state index contributed by atoms with van der Waals surface area (Å²) in [4.78, 5) is 37.7. The van der Waals surface area contributed by atoms with Crippen LogP contribution in [0.1, 0.15) is 66.7 Å². The van der Waals surface area contributed by atoms with Gasteiger partial charge in [-0.2, -0.15) is 0 Å². The summed E-state index contributed by atoms with van der Waals surface area (Å²) >= 11 is 0. The Bertz CT molecular complexity index is 815. The molecule has 1 spiro atoms. The van der Waals surface area contributed by atoms with Gasteiger partial charge in [-0.1, -0.05) is 27.4 Å². The Kier molecular flexibility index (Phi) is 4.78. The number of hydrogen-bond acceptors (Lipinski definition) is 6. The number of ether oxygens (including phenoxy) is 2.